The van der Waals surface area contributed by atoms with E-state index in [1.54, 1.807) is 4.31 Å². The molecule has 0 bridgehead atoms. The van der Waals surface area contributed by atoms with E-state index >= 15 is 0 Å². The fourth-order valence-electron chi connectivity index (χ4n) is 2.69. The molecule has 0 radical (unpaired) electrons. The molecule has 0 amide bonds. The number of hydrogen-bond donors (Lipinski definition) is 2. The van der Waals surface area contributed by atoms with Crippen LogP contribution in [-0.4, -0.2) is 44.9 Å². The molecule has 1 unspecified atom stereocenters. The minimum atomic E-state index is -3.28. The second-order valence-electron chi connectivity index (χ2n) is 5.33. The van der Waals surface area contributed by atoms with Gasteiger partial charge < -0.3 is 5.32 Å². The molecule has 2 saturated heterocycles. The molecular weight excluding hydrogens is 250 g/mol. The molecule has 2 rings (SSSR count). The third kappa shape index (κ3) is 4.19. The predicted octanol–water partition coefficient (Wildman–Crippen LogP) is 0.839. The van der Waals surface area contributed by atoms with Gasteiger partial charge in [0, 0.05) is 25.7 Å². The van der Waals surface area contributed by atoms with E-state index in [1.807, 2.05) is 0 Å². The van der Waals surface area contributed by atoms with Gasteiger partial charge in [-0.25, -0.2) is 0 Å². The summed E-state index contributed by atoms with van der Waals surface area (Å²) in [4.78, 5) is 0. The van der Waals surface area contributed by atoms with Crippen LogP contribution in [0.2, 0.25) is 0 Å². The van der Waals surface area contributed by atoms with Crippen LogP contribution >= 0.6 is 0 Å². The fraction of sp³-hybridized carbons (Fsp3) is 1.00. The van der Waals surface area contributed by atoms with E-state index in [4.69, 9.17) is 0 Å². The maximum Gasteiger partial charge on any atom is 0.279 e. The summed E-state index contributed by atoms with van der Waals surface area (Å²) in [5, 5.41) is 3.29. The van der Waals surface area contributed by atoms with E-state index in [9.17, 15) is 8.42 Å². The summed E-state index contributed by atoms with van der Waals surface area (Å²) in [7, 11) is -3.28. The molecular formula is C12H25N3O2S. The van der Waals surface area contributed by atoms with Crippen molar-refractivity contribution in [3.63, 3.8) is 0 Å². The van der Waals surface area contributed by atoms with Gasteiger partial charge >= 0.3 is 0 Å². The van der Waals surface area contributed by atoms with Gasteiger partial charge in [-0.1, -0.05) is 19.3 Å². The van der Waals surface area contributed by atoms with Gasteiger partial charge in [-0.3, -0.25) is 0 Å². The molecule has 18 heavy (non-hydrogen) atoms. The van der Waals surface area contributed by atoms with Gasteiger partial charge in [0.25, 0.3) is 10.2 Å². The van der Waals surface area contributed by atoms with Crippen LogP contribution in [0.3, 0.4) is 0 Å². The Morgan fingerprint density at radius 2 is 1.72 bits per heavy atom. The van der Waals surface area contributed by atoms with Crippen molar-refractivity contribution in [3.8, 4) is 0 Å². The monoisotopic (exact) mass is 275 g/mol. The highest BCUT2D eigenvalue weighted by molar-refractivity contribution is 7.87. The van der Waals surface area contributed by atoms with E-state index < -0.39 is 10.2 Å². The molecule has 0 aromatic rings. The third-order valence-corrected chi connectivity index (χ3v) is 5.44. The molecule has 2 heterocycles. The van der Waals surface area contributed by atoms with Gasteiger partial charge in [0.2, 0.25) is 0 Å². The molecule has 0 aliphatic carbocycles. The Morgan fingerprint density at radius 3 is 2.44 bits per heavy atom. The molecule has 2 aliphatic rings. The molecule has 0 aromatic carbocycles. The van der Waals surface area contributed by atoms with E-state index in [1.165, 1.54) is 0 Å². The minimum absolute atomic E-state index is 0.0563. The lowest BCUT2D eigenvalue weighted by molar-refractivity contribution is 0.403. The molecule has 0 aromatic heterocycles. The van der Waals surface area contributed by atoms with E-state index in [2.05, 4.69) is 10.0 Å². The number of nitrogens with one attached hydrogen (secondary N) is 2. The van der Waals surface area contributed by atoms with Crippen molar-refractivity contribution < 1.29 is 8.42 Å². The maximum atomic E-state index is 12.3. The predicted molar refractivity (Wildman–Crippen MR) is 72.6 cm³/mol. The fourth-order valence-corrected chi connectivity index (χ4v) is 4.20. The number of rotatable bonds is 3. The number of hydrogen-bond acceptors (Lipinski definition) is 3. The summed E-state index contributed by atoms with van der Waals surface area (Å²) in [6.45, 7) is 3.11. The molecule has 5 nitrogen and oxygen atoms in total. The summed E-state index contributed by atoms with van der Waals surface area (Å²) in [6, 6.07) is 0.0563. The molecule has 6 heteroatoms. The van der Waals surface area contributed by atoms with Gasteiger partial charge in [0.1, 0.15) is 0 Å². The molecule has 0 spiro atoms. The first-order chi connectivity index (χ1) is 8.68. The van der Waals surface area contributed by atoms with Crippen molar-refractivity contribution in [1.29, 1.82) is 0 Å². The van der Waals surface area contributed by atoms with Gasteiger partial charge in [0.05, 0.1) is 0 Å². The minimum Gasteiger partial charge on any atom is -0.315 e. The Bertz CT molecular complexity index is 329. The first-order valence-corrected chi connectivity index (χ1v) is 8.60. The second kappa shape index (κ2) is 6.84. The largest absolute Gasteiger partial charge is 0.315 e. The maximum absolute atomic E-state index is 12.3. The third-order valence-electron chi connectivity index (χ3n) is 3.77. The van der Waals surface area contributed by atoms with Crippen LogP contribution in [0.1, 0.15) is 44.9 Å². The second-order valence-corrected chi connectivity index (χ2v) is 7.04. The first-order valence-electron chi connectivity index (χ1n) is 7.16. The van der Waals surface area contributed by atoms with Gasteiger partial charge in [-0.2, -0.15) is 17.4 Å². The molecule has 106 valence electrons. The van der Waals surface area contributed by atoms with Crippen LogP contribution in [0.4, 0.5) is 0 Å². The van der Waals surface area contributed by atoms with Crippen LogP contribution in [0.25, 0.3) is 0 Å². The van der Waals surface area contributed by atoms with Gasteiger partial charge in [-0.15, -0.1) is 0 Å². The van der Waals surface area contributed by atoms with Crippen molar-refractivity contribution in [2.24, 2.45) is 0 Å². The van der Waals surface area contributed by atoms with Crippen LogP contribution in [0.5, 0.6) is 0 Å². The van der Waals surface area contributed by atoms with E-state index in [-0.39, 0.29) is 6.04 Å². The Hall–Kier alpha value is -0.170. The highest BCUT2D eigenvalue weighted by Gasteiger charge is 2.26. The average molecular weight is 275 g/mol. The molecule has 2 N–H and O–H groups in total. The Labute approximate surface area is 110 Å². The lowest BCUT2D eigenvalue weighted by Crippen LogP contribution is -2.48. The first kappa shape index (κ1) is 14.2. The van der Waals surface area contributed by atoms with Crippen LogP contribution in [0.15, 0.2) is 0 Å². The molecule has 1 atom stereocenters. The average Bonchev–Trinajstić information content (AvgIpc) is 2.72. The SMILES string of the molecule is O=S(=O)(NC1CCCCNC1)N1CCCCCC1. The molecule has 2 fully saturated rings. The van der Waals surface area contributed by atoms with Crippen LogP contribution in [0, 0.1) is 0 Å². The van der Waals surface area contributed by atoms with Gasteiger partial charge in [-0.05, 0) is 32.2 Å². The molecule has 2 aliphatic heterocycles. The number of nitrogens with zero attached hydrogens (tertiary/aromatic N) is 1. The zero-order valence-electron chi connectivity index (χ0n) is 11.0. The van der Waals surface area contributed by atoms with Crippen LogP contribution < -0.4 is 10.0 Å². The summed E-state index contributed by atoms with van der Waals surface area (Å²) in [6.07, 6.45) is 7.46. The molecule has 0 saturated carbocycles. The lowest BCUT2D eigenvalue weighted by Gasteiger charge is -2.24. The van der Waals surface area contributed by atoms with Crippen molar-refractivity contribution >= 4 is 10.2 Å². The van der Waals surface area contributed by atoms with Crippen molar-refractivity contribution in [2.75, 3.05) is 26.2 Å². The summed E-state index contributed by atoms with van der Waals surface area (Å²) >= 11 is 0. The zero-order valence-corrected chi connectivity index (χ0v) is 11.8. The smallest absolute Gasteiger partial charge is 0.279 e. The Balaban J connectivity index is 1.92. The van der Waals surface area contributed by atoms with Gasteiger partial charge in [0.15, 0.2) is 0 Å². The Morgan fingerprint density at radius 1 is 1.00 bits per heavy atom. The lowest BCUT2D eigenvalue weighted by atomic mass is 10.2. The highest BCUT2D eigenvalue weighted by Crippen LogP contribution is 2.14. The highest BCUT2D eigenvalue weighted by atomic mass is 32.2. The summed E-state index contributed by atoms with van der Waals surface area (Å²) in [5.41, 5.74) is 0. The van der Waals surface area contributed by atoms with E-state index in [0.29, 0.717) is 13.1 Å². The standard InChI is InChI=1S/C12H25N3O2S/c16-18(17,15-9-5-1-2-6-10-15)14-12-7-3-4-8-13-11-12/h12-14H,1-11H2. The summed E-state index contributed by atoms with van der Waals surface area (Å²) in [5.74, 6) is 0. The normalized spacial score (nSPS) is 28.6. The van der Waals surface area contributed by atoms with Crippen LogP contribution in [-0.2, 0) is 10.2 Å². The Kier molecular flexibility index (Phi) is 5.41. The van der Waals surface area contributed by atoms with Crippen molar-refractivity contribution in [2.45, 2.75) is 51.0 Å². The summed E-state index contributed by atoms with van der Waals surface area (Å²) < 4.78 is 29.1. The zero-order chi connectivity index (χ0) is 12.8. The quantitative estimate of drug-likeness (QED) is 0.802. The van der Waals surface area contributed by atoms with Crippen molar-refractivity contribution in [1.82, 2.24) is 14.3 Å². The van der Waals surface area contributed by atoms with E-state index in [0.717, 1.165) is 58.0 Å². The van der Waals surface area contributed by atoms with Crippen molar-refractivity contribution in [3.05, 3.63) is 0 Å². The topological polar surface area (TPSA) is 61.4 Å².